The van der Waals surface area contributed by atoms with E-state index in [4.69, 9.17) is 22.1 Å². The molecule has 1 saturated heterocycles. The number of piperidine rings is 1. The van der Waals surface area contributed by atoms with E-state index >= 15 is 0 Å². The molecule has 4 N–H and O–H groups in total. The fraction of sp³-hybridized carbons (Fsp3) is 0.286. The second-order valence-electron chi connectivity index (χ2n) is 7.04. The fourth-order valence-corrected chi connectivity index (χ4v) is 3.61. The molecule has 2 aromatic carbocycles. The van der Waals surface area contributed by atoms with Crippen LogP contribution in [0.2, 0.25) is 5.02 Å². The number of nitrogens with zero attached hydrogens (tertiary/aromatic N) is 1. The van der Waals surface area contributed by atoms with Gasteiger partial charge < -0.3 is 26.0 Å². The molecule has 0 spiro atoms. The number of likely N-dealkylation sites (tertiary alicyclic amines) is 1. The second-order valence-corrected chi connectivity index (χ2v) is 7.47. The van der Waals surface area contributed by atoms with E-state index in [0.717, 1.165) is 5.56 Å². The van der Waals surface area contributed by atoms with E-state index in [1.807, 2.05) is 12.1 Å². The van der Waals surface area contributed by atoms with Gasteiger partial charge in [0.25, 0.3) is 0 Å². The minimum Gasteiger partial charge on any atom is -0.497 e. The van der Waals surface area contributed by atoms with Gasteiger partial charge in [-0.05, 0) is 42.0 Å². The average Bonchev–Trinajstić information content (AvgIpc) is 2.71. The summed E-state index contributed by atoms with van der Waals surface area (Å²) in [5.41, 5.74) is 6.74. The summed E-state index contributed by atoms with van der Waals surface area (Å²) < 4.78 is 5.19. The summed E-state index contributed by atoms with van der Waals surface area (Å²) in [6, 6.07) is 13.2. The number of primary amides is 1. The Bertz CT molecular complexity index is 918. The molecule has 2 atom stereocenters. The lowest BCUT2D eigenvalue weighted by atomic mass is 9.84. The number of rotatable bonds is 6. The number of nitrogens with two attached hydrogens (primary N) is 1. The third-order valence-electron chi connectivity index (χ3n) is 4.96. The quantitative estimate of drug-likeness (QED) is 0.652. The Labute approximate surface area is 179 Å². The normalized spacial score (nSPS) is 18.6. The first-order chi connectivity index (χ1) is 14.4. The maximum Gasteiger partial charge on any atom is 0.319 e. The topological polar surface area (TPSA) is 114 Å². The highest BCUT2D eigenvalue weighted by molar-refractivity contribution is 6.30. The van der Waals surface area contributed by atoms with Crippen LogP contribution in [0.3, 0.4) is 0 Å². The highest BCUT2D eigenvalue weighted by atomic mass is 35.5. The van der Waals surface area contributed by atoms with Crippen LogP contribution in [0.5, 0.6) is 5.75 Å². The molecule has 0 saturated carbocycles. The molecule has 0 unspecified atom stereocenters. The third-order valence-corrected chi connectivity index (χ3v) is 5.21. The van der Waals surface area contributed by atoms with E-state index in [1.165, 1.54) is 4.90 Å². The number of halogens is 1. The molecule has 158 valence electrons. The summed E-state index contributed by atoms with van der Waals surface area (Å²) in [5, 5.41) is 6.24. The Morgan fingerprint density at radius 1 is 1.17 bits per heavy atom. The van der Waals surface area contributed by atoms with Gasteiger partial charge in [0.15, 0.2) is 0 Å². The number of anilines is 1. The van der Waals surface area contributed by atoms with Crippen molar-refractivity contribution in [1.29, 1.82) is 0 Å². The fourth-order valence-electron chi connectivity index (χ4n) is 3.48. The van der Waals surface area contributed by atoms with Gasteiger partial charge in [-0.1, -0.05) is 23.7 Å². The number of nitrogens with one attached hydrogen (secondary N) is 2. The van der Waals surface area contributed by atoms with Crippen LogP contribution in [0.4, 0.5) is 10.5 Å². The third kappa shape index (κ3) is 5.42. The number of methoxy groups -OCH3 is 1. The molecule has 0 radical (unpaired) electrons. The van der Waals surface area contributed by atoms with Crippen LogP contribution in [-0.2, 0) is 9.59 Å². The van der Waals surface area contributed by atoms with Crippen LogP contribution in [0.15, 0.2) is 48.5 Å². The van der Waals surface area contributed by atoms with Crippen molar-refractivity contribution in [3.8, 4) is 5.75 Å². The van der Waals surface area contributed by atoms with Crippen molar-refractivity contribution in [1.82, 2.24) is 10.2 Å². The molecule has 1 fully saturated rings. The predicted molar refractivity (Wildman–Crippen MR) is 114 cm³/mol. The summed E-state index contributed by atoms with van der Waals surface area (Å²) in [5.74, 6) is -0.355. The lowest BCUT2D eigenvalue weighted by Crippen LogP contribution is -2.56. The van der Waals surface area contributed by atoms with Crippen LogP contribution in [-0.4, -0.2) is 49.0 Å². The molecule has 0 bridgehead atoms. The molecule has 9 heteroatoms. The van der Waals surface area contributed by atoms with Gasteiger partial charge in [-0.25, -0.2) is 4.79 Å². The van der Waals surface area contributed by atoms with Gasteiger partial charge >= 0.3 is 6.03 Å². The van der Waals surface area contributed by atoms with Crippen molar-refractivity contribution in [2.75, 3.05) is 25.5 Å². The lowest BCUT2D eigenvalue weighted by Gasteiger charge is -2.38. The second kappa shape index (κ2) is 9.49. The Kier molecular flexibility index (Phi) is 6.79. The Hall–Kier alpha value is -3.26. The summed E-state index contributed by atoms with van der Waals surface area (Å²) >= 11 is 5.87. The molecular weight excluding hydrogens is 408 g/mol. The van der Waals surface area contributed by atoms with Crippen molar-refractivity contribution in [3.05, 3.63) is 59.1 Å². The van der Waals surface area contributed by atoms with E-state index < -0.39 is 18.0 Å². The standard InChI is InChI=1S/C21H23ClN4O4/c1-30-16-8-2-13(3-9-16)17-10-20(28)26(12-19(23)27)11-18(17)25-21(29)24-15-6-4-14(22)5-7-15/h2-9,17-18H,10-12H2,1H3,(H2,23,27)(H2,24,25,29)/t17-,18+/m0/s1. The summed E-state index contributed by atoms with van der Waals surface area (Å²) in [4.78, 5) is 37.8. The lowest BCUT2D eigenvalue weighted by molar-refractivity contribution is -0.138. The van der Waals surface area contributed by atoms with Gasteiger partial charge in [0.2, 0.25) is 11.8 Å². The van der Waals surface area contributed by atoms with Crippen molar-refractivity contribution in [3.63, 3.8) is 0 Å². The molecule has 0 aromatic heterocycles. The van der Waals surface area contributed by atoms with E-state index in [9.17, 15) is 14.4 Å². The first-order valence-electron chi connectivity index (χ1n) is 9.39. The van der Waals surface area contributed by atoms with Crippen LogP contribution in [0, 0.1) is 0 Å². The first-order valence-corrected chi connectivity index (χ1v) is 9.76. The predicted octanol–water partition coefficient (Wildman–Crippen LogP) is 2.34. The molecule has 8 nitrogen and oxygen atoms in total. The van der Waals surface area contributed by atoms with Gasteiger partial charge in [-0.3, -0.25) is 9.59 Å². The van der Waals surface area contributed by atoms with E-state index in [2.05, 4.69) is 10.6 Å². The minimum absolute atomic E-state index is 0.144. The van der Waals surface area contributed by atoms with Crippen molar-refractivity contribution >= 4 is 35.1 Å². The Morgan fingerprint density at radius 2 is 1.83 bits per heavy atom. The first kappa shape index (κ1) is 21.4. The Morgan fingerprint density at radius 3 is 2.43 bits per heavy atom. The maximum absolute atomic E-state index is 12.6. The van der Waals surface area contributed by atoms with E-state index in [-0.39, 0.29) is 31.3 Å². The molecule has 30 heavy (non-hydrogen) atoms. The van der Waals surface area contributed by atoms with Gasteiger partial charge in [-0.2, -0.15) is 0 Å². The molecule has 2 aromatic rings. The largest absolute Gasteiger partial charge is 0.497 e. The maximum atomic E-state index is 12.6. The molecule has 1 aliphatic heterocycles. The van der Waals surface area contributed by atoms with Crippen LogP contribution in [0.1, 0.15) is 17.9 Å². The summed E-state index contributed by atoms with van der Waals surface area (Å²) in [6.07, 6.45) is 0.144. The van der Waals surface area contributed by atoms with E-state index in [0.29, 0.717) is 16.5 Å². The highest BCUT2D eigenvalue weighted by Gasteiger charge is 2.36. The molecule has 3 rings (SSSR count). The van der Waals surface area contributed by atoms with Crippen molar-refractivity contribution < 1.29 is 19.1 Å². The number of carbonyl (C=O) groups is 3. The number of benzene rings is 2. The molecule has 1 heterocycles. The summed E-state index contributed by atoms with van der Waals surface area (Å²) in [6.45, 7) is -0.0162. The molecule has 0 aliphatic carbocycles. The molecular formula is C21H23ClN4O4. The number of ether oxygens (including phenoxy) is 1. The van der Waals surface area contributed by atoms with Gasteiger partial charge in [0, 0.05) is 29.6 Å². The van der Waals surface area contributed by atoms with Crippen LogP contribution < -0.4 is 21.1 Å². The van der Waals surface area contributed by atoms with Crippen LogP contribution >= 0.6 is 11.6 Å². The average molecular weight is 431 g/mol. The number of carbonyl (C=O) groups excluding carboxylic acids is 3. The zero-order chi connectivity index (χ0) is 21.7. The zero-order valence-corrected chi connectivity index (χ0v) is 17.2. The minimum atomic E-state index is -0.601. The van der Waals surface area contributed by atoms with E-state index in [1.54, 1.807) is 43.5 Å². The molecule has 1 aliphatic rings. The van der Waals surface area contributed by atoms with Gasteiger partial charge in [-0.15, -0.1) is 0 Å². The van der Waals surface area contributed by atoms with Gasteiger partial charge in [0.05, 0.1) is 19.7 Å². The summed E-state index contributed by atoms with van der Waals surface area (Å²) in [7, 11) is 1.58. The van der Waals surface area contributed by atoms with Crippen LogP contribution in [0.25, 0.3) is 0 Å². The Balaban J connectivity index is 1.78. The van der Waals surface area contributed by atoms with Crippen molar-refractivity contribution in [2.24, 2.45) is 5.73 Å². The molecule has 4 amide bonds. The highest BCUT2D eigenvalue weighted by Crippen LogP contribution is 2.30. The zero-order valence-electron chi connectivity index (χ0n) is 16.4. The SMILES string of the molecule is COc1ccc([C@@H]2CC(=O)N(CC(N)=O)C[C@H]2NC(=O)Nc2ccc(Cl)cc2)cc1. The number of hydrogen-bond donors (Lipinski definition) is 3. The van der Waals surface area contributed by atoms with Gasteiger partial charge in [0.1, 0.15) is 5.75 Å². The number of amides is 4. The van der Waals surface area contributed by atoms with Crippen molar-refractivity contribution in [2.45, 2.75) is 18.4 Å². The monoisotopic (exact) mass is 430 g/mol. The smallest absolute Gasteiger partial charge is 0.319 e. The number of hydrogen-bond acceptors (Lipinski definition) is 4. The number of urea groups is 1.